The van der Waals surface area contributed by atoms with E-state index in [2.05, 4.69) is 9.71 Å². The van der Waals surface area contributed by atoms with Gasteiger partial charge in [-0.2, -0.15) is 0 Å². The van der Waals surface area contributed by atoms with E-state index in [4.69, 9.17) is 10.5 Å². The number of carbonyl (C=O) groups is 2. The van der Waals surface area contributed by atoms with Crippen molar-refractivity contribution in [3.05, 3.63) is 56.2 Å². The van der Waals surface area contributed by atoms with Gasteiger partial charge in [0.1, 0.15) is 23.3 Å². The summed E-state index contributed by atoms with van der Waals surface area (Å²) < 4.78 is 33.0. The first-order valence-corrected chi connectivity index (χ1v) is 10.4. The number of anilines is 1. The number of fused-ring (bicyclic) bond motifs is 1. The minimum absolute atomic E-state index is 0.0254. The molecule has 0 radical (unpaired) electrons. The summed E-state index contributed by atoms with van der Waals surface area (Å²) in [7, 11) is -1.30. The van der Waals surface area contributed by atoms with Crippen molar-refractivity contribution in [3.8, 4) is 0 Å². The maximum atomic E-state index is 12.4. The fourth-order valence-corrected chi connectivity index (χ4v) is 4.17. The van der Waals surface area contributed by atoms with Crippen molar-refractivity contribution >= 4 is 33.4 Å². The summed E-state index contributed by atoms with van der Waals surface area (Å²) in [5.74, 6) is -2.19. The van der Waals surface area contributed by atoms with Crippen LogP contribution in [0, 0.1) is 0 Å². The van der Waals surface area contributed by atoms with Gasteiger partial charge in [-0.05, 0) is 19.1 Å². The van der Waals surface area contributed by atoms with E-state index in [1.807, 2.05) is 0 Å². The van der Waals surface area contributed by atoms with Crippen molar-refractivity contribution in [1.82, 2.24) is 13.9 Å². The highest BCUT2D eigenvalue weighted by atomic mass is 32.2. The van der Waals surface area contributed by atoms with Gasteiger partial charge < -0.3 is 10.5 Å². The zero-order valence-corrected chi connectivity index (χ0v) is 17.6. The summed E-state index contributed by atoms with van der Waals surface area (Å²) in [6, 6.07) is 4.96. The number of sulfonamides is 1. The van der Waals surface area contributed by atoms with Gasteiger partial charge >= 0.3 is 11.7 Å². The molecule has 0 unspecified atom stereocenters. The number of hydrogen-bond acceptors (Lipinski definition) is 9. The van der Waals surface area contributed by atoms with Crippen LogP contribution in [0.15, 0.2) is 43.7 Å². The number of amidine groups is 1. The predicted octanol–water partition coefficient (Wildman–Crippen LogP) is -1.48. The number of nitrogens with one attached hydrogen (secondary N) is 1. The Morgan fingerprint density at radius 2 is 1.84 bits per heavy atom. The van der Waals surface area contributed by atoms with Crippen LogP contribution in [0.5, 0.6) is 0 Å². The number of hydrogen-bond donors (Lipinski definition) is 2. The largest absolute Gasteiger partial charge is 0.456 e. The highest BCUT2D eigenvalue weighted by molar-refractivity contribution is 7.90. The number of nitrogen functional groups attached to an aromatic ring is 1. The van der Waals surface area contributed by atoms with Gasteiger partial charge in [0.15, 0.2) is 6.61 Å². The standard InChI is InChI=1S/C18H19N5O7S/c1-9(20-15-10-6-4-5-7-12(10)31(28,29)21-15)17(26)30-8-11(24)13-14(19)22(2)18(27)23(3)16(13)25/h4-7,9H,8,19H2,1-3H3,(H,20,21)/t9-/m0/s1. The van der Waals surface area contributed by atoms with Gasteiger partial charge in [0.25, 0.3) is 15.6 Å². The van der Waals surface area contributed by atoms with Gasteiger partial charge in [0.05, 0.1) is 4.90 Å². The zero-order chi connectivity index (χ0) is 23.1. The van der Waals surface area contributed by atoms with Crippen LogP contribution in [-0.4, -0.2) is 47.8 Å². The Balaban J connectivity index is 1.77. The lowest BCUT2D eigenvalue weighted by Gasteiger charge is -2.12. The molecule has 1 aliphatic heterocycles. The Morgan fingerprint density at radius 1 is 1.19 bits per heavy atom. The van der Waals surface area contributed by atoms with E-state index in [-0.39, 0.29) is 16.5 Å². The monoisotopic (exact) mass is 449 g/mol. The van der Waals surface area contributed by atoms with Gasteiger partial charge in [0, 0.05) is 19.7 Å². The molecule has 12 nitrogen and oxygen atoms in total. The molecule has 2 aromatic rings. The van der Waals surface area contributed by atoms with Crippen LogP contribution in [-0.2, 0) is 33.7 Å². The quantitative estimate of drug-likeness (QED) is 0.411. The van der Waals surface area contributed by atoms with Gasteiger partial charge in [-0.15, -0.1) is 0 Å². The summed E-state index contributed by atoms with van der Waals surface area (Å²) in [5, 5.41) is 0. The molecule has 3 N–H and O–H groups in total. The maximum Gasteiger partial charge on any atom is 0.332 e. The Hall–Kier alpha value is -3.74. The summed E-state index contributed by atoms with van der Waals surface area (Å²) in [6.45, 7) is 0.544. The molecule has 1 aromatic carbocycles. The second-order valence-corrected chi connectivity index (χ2v) is 8.40. The van der Waals surface area contributed by atoms with Crippen molar-refractivity contribution < 1.29 is 22.7 Å². The number of ether oxygens (including phenoxy) is 1. The van der Waals surface area contributed by atoms with Crippen molar-refractivity contribution in [2.45, 2.75) is 17.9 Å². The van der Waals surface area contributed by atoms with E-state index >= 15 is 0 Å². The third kappa shape index (κ3) is 3.86. The Morgan fingerprint density at radius 3 is 2.52 bits per heavy atom. The minimum atomic E-state index is -3.77. The lowest BCUT2D eigenvalue weighted by atomic mass is 10.2. The van der Waals surface area contributed by atoms with E-state index in [1.165, 1.54) is 33.2 Å². The van der Waals surface area contributed by atoms with Crippen LogP contribution in [0.4, 0.5) is 5.82 Å². The average Bonchev–Trinajstić information content (AvgIpc) is 2.99. The second-order valence-electron chi connectivity index (χ2n) is 6.75. The molecule has 3 rings (SSSR count). The molecule has 0 saturated carbocycles. The first-order chi connectivity index (χ1) is 14.5. The van der Waals surface area contributed by atoms with Crippen LogP contribution < -0.4 is 21.7 Å². The Bertz CT molecular complexity index is 1350. The molecule has 0 saturated heterocycles. The molecule has 13 heteroatoms. The molecule has 0 amide bonds. The highest BCUT2D eigenvalue weighted by Crippen LogP contribution is 2.22. The van der Waals surface area contributed by atoms with E-state index in [0.29, 0.717) is 10.1 Å². The number of aromatic nitrogens is 2. The van der Waals surface area contributed by atoms with Crippen molar-refractivity contribution in [1.29, 1.82) is 0 Å². The van der Waals surface area contributed by atoms with Crippen molar-refractivity contribution in [2.75, 3.05) is 12.3 Å². The van der Waals surface area contributed by atoms with Crippen LogP contribution in [0.1, 0.15) is 22.8 Å². The summed E-state index contributed by atoms with van der Waals surface area (Å²) >= 11 is 0. The first kappa shape index (κ1) is 22.0. The smallest absolute Gasteiger partial charge is 0.332 e. The minimum Gasteiger partial charge on any atom is -0.456 e. The Labute approximate surface area is 176 Å². The van der Waals surface area contributed by atoms with Crippen LogP contribution in [0.25, 0.3) is 0 Å². The Kier molecular flexibility index (Phi) is 5.55. The van der Waals surface area contributed by atoms with Crippen LogP contribution in [0.3, 0.4) is 0 Å². The topological polar surface area (TPSA) is 172 Å². The van der Waals surface area contributed by atoms with E-state index < -0.39 is 51.2 Å². The molecule has 1 atom stereocenters. The number of benzene rings is 1. The molecule has 1 aromatic heterocycles. The van der Waals surface area contributed by atoms with Gasteiger partial charge in [-0.25, -0.2) is 18.0 Å². The van der Waals surface area contributed by atoms with Crippen molar-refractivity contribution in [2.24, 2.45) is 19.1 Å². The van der Waals surface area contributed by atoms with Gasteiger partial charge in [0.2, 0.25) is 5.78 Å². The normalized spacial score (nSPS) is 16.4. The molecule has 1 aliphatic rings. The number of carbonyl (C=O) groups excluding carboxylic acids is 2. The first-order valence-electron chi connectivity index (χ1n) is 8.91. The summed E-state index contributed by atoms with van der Waals surface area (Å²) in [5.41, 5.74) is 3.91. The van der Waals surface area contributed by atoms with Crippen molar-refractivity contribution in [3.63, 3.8) is 0 Å². The number of rotatable bonds is 5. The molecular weight excluding hydrogens is 430 g/mol. The average molecular weight is 449 g/mol. The number of ketones is 1. The van der Waals surface area contributed by atoms with E-state index in [1.54, 1.807) is 12.1 Å². The molecule has 2 heterocycles. The fourth-order valence-electron chi connectivity index (χ4n) is 2.93. The molecule has 164 valence electrons. The molecule has 0 bridgehead atoms. The lowest BCUT2D eigenvalue weighted by molar-refractivity contribution is -0.143. The number of esters is 1. The lowest BCUT2D eigenvalue weighted by Crippen LogP contribution is -2.42. The second kappa shape index (κ2) is 7.83. The number of Topliss-reactive ketones (excluding diaryl/α,β-unsaturated/α-hetero) is 1. The van der Waals surface area contributed by atoms with Gasteiger partial charge in [-0.1, -0.05) is 12.1 Å². The summed E-state index contributed by atoms with van der Waals surface area (Å²) in [6.07, 6.45) is 0. The fraction of sp³-hybridized carbons (Fsp3) is 0.278. The van der Waals surface area contributed by atoms with E-state index in [0.717, 1.165) is 4.57 Å². The molecule has 0 aliphatic carbocycles. The SMILES string of the molecule is C[C@H](N=C1NS(=O)(=O)c2ccccc21)C(=O)OCC(=O)c1c(N)n(C)c(=O)n(C)c1=O. The summed E-state index contributed by atoms with van der Waals surface area (Å²) in [4.78, 5) is 52.8. The number of nitrogens with two attached hydrogens (primary N) is 1. The van der Waals surface area contributed by atoms with Crippen LogP contribution >= 0.6 is 0 Å². The molecular formula is C18H19N5O7S. The van der Waals surface area contributed by atoms with E-state index in [9.17, 15) is 27.6 Å². The van der Waals surface area contributed by atoms with Crippen LogP contribution in [0.2, 0.25) is 0 Å². The number of nitrogens with zero attached hydrogens (tertiary/aromatic N) is 3. The predicted molar refractivity (Wildman–Crippen MR) is 109 cm³/mol. The van der Waals surface area contributed by atoms with Gasteiger partial charge in [-0.3, -0.25) is 28.4 Å². The third-order valence-corrected chi connectivity index (χ3v) is 6.06. The number of aliphatic imine (C=N–C) groups is 1. The molecule has 0 spiro atoms. The molecule has 0 fully saturated rings. The molecule has 31 heavy (non-hydrogen) atoms. The highest BCUT2D eigenvalue weighted by Gasteiger charge is 2.31. The zero-order valence-electron chi connectivity index (χ0n) is 16.8. The maximum absolute atomic E-state index is 12.4. The third-order valence-electron chi connectivity index (χ3n) is 4.66.